The number of ether oxygens (including phenoxy) is 1. The molecule has 1 heterocycles. The number of anilines is 2. The summed E-state index contributed by atoms with van der Waals surface area (Å²) in [4.78, 5) is 27.9. The standard InChI is InChI=1S/C25H24IN3O5S/c26-19-10-12-20(13-11-19)29(35(32,33)21-6-2-1-3-7-21)18-24(30)27-23-9-5-4-8-22(23)25(31)28-14-16-34-17-15-28/h1-13H,14-18H2,(H,27,30). The predicted molar refractivity (Wildman–Crippen MR) is 142 cm³/mol. The minimum absolute atomic E-state index is 0.0780. The maximum absolute atomic E-state index is 13.5. The van der Waals surface area contributed by atoms with E-state index in [2.05, 4.69) is 27.9 Å². The van der Waals surface area contributed by atoms with Crippen molar-refractivity contribution in [1.29, 1.82) is 0 Å². The lowest BCUT2D eigenvalue weighted by Gasteiger charge is -2.28. The van der Waals surface area contributed by atoms with Gasteiger partial charge < -0.3 is 15.0 Å². The van der Waals surface area contributed by atoms with Crippen molar-refractivity contribution in [3.05, 3.63) is 88.0 Å². The van der Waals surface area contributed by atoms with Crippen LogP contribution in [-0.2, 0) is 19.6 Å². The molecule has 0 unspecified atom stereocenters. The molecule has 3 aromatic rings. The van der Waals surface area contributed by atoms with Crippen LogP contribution in [0.15, 0.2) is 83.8 Å². The zero-order valence-electron chi connectivity index (χ0n) is 18.8. The molecule has 1 aliphatic heterocycles. The number of nitrogens with one attached hydrogen (secondary N) is 1. The third kappa shape index (κ3) is 6.00. The van der Waals surface area contributed by atoms with Gasteiger partial charge in [0.15, 0.2) is 0 Å². The van der Waals surface area contributed by atoms with E-state index in [1.54, 1.807) is 71.6 Å². The molecule has 0 bridgehead atoms. The number of morpholine rings is 1. The molecular formula is C25H24IN3O5S. The second-order valence-electron chi connectivity index (χ2n) is 7.80. The van der Waals surface area contributed by atoms with Gasteiger partial charge in [-0.25, -0.2) is 8.42 Å². The number of nitrogens with zero attached hydrogens (tertiary/aromatic N) is 2. The number of hydrogen-bond donors (Lipinski definition) is 1. The van der Waals surface area contributed by atoms with E-state index in [4.69, 9.17) is 4.74 Å². The van der Waals surface area contributed by atoms with Gasteiger partial charge in [-0.05, 0) is 71.1 Å². The second kappa shape index (κ2) is 11.2. The molecule has 35 heavy (non-hydrogen) atoms. The monoisotopic (exact) mass is 605 g/mol. The van der Waals surface area contributed by atoms with Gasteiger partial charge in [-0.2, -0.15) is 0 Å². The van der Waals surface area contributed by atoms with Crippen LogP contribution < -0.4 is 9.62 Å². The molecule has 4 rings (SSSR count). The molecule has 10 heteroatoms. The number of carbonyl (C=O) groups excluding carboxylic acids is 2. The van der Waals surface area contributed by atoms with Gasteiger partial charge in [0.25, 0.3) is 15.9 Å². The van der Waals surface area contributed by atoms with Crippen molar-refractivity contribution in [2.75, 3.05) is 42.5 Å². The van der Waals surface area contributed by atoms with Crippen molar-refractivity contribution in [3.8, 4) is 0 Å². The maximum Gasteiger partial charge on any atom is 0.264 e. The second-order valence-corrected chi connectivity index (χ2v) is 10.9. The fraction of sp³-hybridized carbons (Fsp3) is 0.200. The van der Waals surface area contributed by atoms with Crippen molar-refractivity contribution in [2.45, 2.75) is 4.90 Å². The highest BCUT2D eigenvalue weighted by Crippen LogP contribution is 2.25. The number of hydrogen-bond acceptors (Lipinski definition) is 5. The molecule has 0 spiro atoms. The van der Waals surface area contributed by atoms with Gasteiger partial charge in [0.05, 0.1) is 35.0 Å². The average Bonchev–Trinajstić information content (AvgIpc) is 2.89. The largest absolute Gasteiger partial charge is 0.378 e. The molecule has 0 aromatic heterocycles. The topological polar surface area (TPSA) is 96.0 Å². The number of para-hydroxylation sites is 1. The lowest BCUT2D eigenvalue weighted by atomic mass is 10.1. The molecule has 182 valence electrons. The van der Waals surface area contributed by atoms with Crippen LogP contribution in [0.5, 0.6) is 0 Å². The normalized spacial score (nSPS) is 13.8. The summed E-state index contributed by atoms with van der Waals surface area (Å²) >= 11 is 2.13. The number of benzene rings is 3. The summed E-state index contributed by atoms with van der Waals surface area (Å²) in [6.45, 7) is 1.40. The minimum atomic E-state index is -4.02. The molecule has 0 atom stereocenters. The van der Waals surface area contributed by atoms with E-state index in [0.29, 0.717) is 43.2 Å². The van der Waals surface area contributed by atoms with E-state index in [-0.39, 0.29) is 10.8 Å². The Morgan fingerprint density at radius 3 is 2.23 bits per heavy atom. The average molecular weight is 605 g/mol. The highest BCUT2D eigenvalue weighted by molar-refractivity contribution is 14.1. The van der Waals surface area contributed by atoms with E-state index in [9.17, 15) is 18.0 Å². The number of carbonyl (C=O) groups is 2. The first-order valence-corrected chi connectivity index (χ1v) is 13.5. The van der Waals surface area contributed by atoms with Crippen LogP contribution in [0.3, 0.4) is 0 Å². The summed E-state index contributed by atoms with van der Waals surface area (Å²) in [5, 5.41) is 2.74. The van der Waals surface area contributed by atoms with E-state index in [0.717, 1.165) is 7.88 Å². The molecule has 0 radical (unpaired) electrons. The van der Waals surface area contributed by atoms with Gasteiger partial charge in [0.1, 0.15) is 6.54 Å². The smallest absolute Gasteiger partial charge is 0.264 e. The maximum atomic E-state index is 13.5. The predicted octanol–water partition coefficient (Wildman–Crippen LogP) is 3.60. The minimum Gasteiger partial charge on any atom is -0.378 e. The molecule has 3 aromatic carbocycles. The fourth-order valence-corrected chi connectivity index (χ4v) is 5.48. The Kier molecular flexibility index (Phi) is 8.04. The van der Waals surface area contributed by atoms with Gasteiger partial charge in [-0.15, -0.1) is 0 Å². The van der Waals surface area contributed by atoms with E-state index >= 15 is 0 Å². The Labute approximate surface area is 218 Å². The Morgan fingerprint density at radius 1 is 0.914 bits per heavy atom. The number of rotatable bonds is 7. The summed E-state index contributed by atoms with van der Waals surface area (Å²) < 4.78 is 34.2. The van der Waals surface area contributed by atoms with Gasteiger partial charge in [0.2, 0.25) is 5.91 Å². The summed E-state index contributed by atoms with van der Waals surface area (Å²) in [6.07, 6.45) is 0. The third-order valence-corrected chi connectivity index (χ3v) is 7.97. The van der Waals surface area contributed by atoms with E-state index < -0.39 is 22.5 Å². The van der Waals surface area contributed by atoms with Gasteiger partial charge in [-0.1, -0.05) is 30.3 Å². The zero-order chi connectivity index (χ0) is 24.8. The molecule has 1 fully saturated rings. The Morgan fingerprint density at radius 2 is 1.54 bits per heavy atom. The fourth-order valence-electron chi connectivity index (χ4n) is 3.68. The van der Waals surface area contributed by atoms with Crippen molar-refractivity contribution < 1.29 is 22.7 Å². The number of sulfonamides is 1. The lowest BCUT2D eigenvalue weighted by molar-refractivity contribution is -0.114. The van der Waals surface area contributed by atoms with Crippen LogP contribution in [-0.4, -0.2) is 58.0 Å². The van der Waals surface area contributed by atoms with Gasteiger partial charge in [0, 0.05) is 16.7 Å². The van der Waals surface area contributed by atoms with Crippen molar-refractivity contribution in [2.24, 2.45) is 0 Å². The van der Waals surface area contributed by atoms with Crippen LogP contribution in [0, 0.1) is 3.57 Å². The Bertz CT molecular complexity index is 1290. The highest BCUT2D eigenvalue weighted by atomic mass is 127. The molecule has 8 nitrogen and oxygen atoms in total. The van der Waals surface area contributed by atoms with Gasteiger partial charge >= 0.3 is 0 Å². The quantitative estimate of drug-likeness (QED) is 0.416. The van der Waals surface area contributed by atoms with Crippen LogP contribution in [0.1, 0.15) is 10.4 Å². The summed E-state index contributed by atoms with van der Waals surface area (Å²) in [5.74, 6) is -0.777. The van der Waals surface area contributed by atoms with Crippen molar-refractivity contribution >= 4 is 55.8 Å². The van der Waals surface area contributed by atoms with Crippen molar-refractivity contribution in [1.82, 2.24) is 4.90 Å². The molecule has 1 saturated heterocycles. The number of amides is 2. The first-order valence-electron chi connectivity index (χ1n) is 11.0. The third-order valence-electron chi connectivity index (χ3n) is 5.46. The highest BCUT2D eigenvalue weighted by Gasteiger charge is 2.28. The van der Waals surface area contributed by atoms with Crippen LogP contribution in [0.25, 0.3) is 0 Å². The molecule has 1 N–H and O–H groups in total. The molecule has 2 amide bonds. The van der Waals surface area contributed by atoms with E-state index in [1.165, 1.54) is 12.1 Å². The Balaban J connectivity index is 1.60. The molecule has 0 aliphatic carbocycles. The van der Waals surface area contributed by atoms with Gasteiger partial charge in [-0.3, -0.25) is 13.9 Å². The number of halogens is 1. The summed E-state index contributed by atoms with van der Waals surface area (Å²) in [6, 6.07) is 21.5. The summed E-state index contributed by atoms with van der Waals surface area (Å²) in [7, 11) is -4.02. The zero-order valence-corrected chi connectivity index (χ0v) is 21.7. The summed E-state index contributed by atoms with van der Waals surface area (Å²) in [5.41, 5.74) is 1.03. The first-order chi connectivity index (χ1) is 16.9. The molecular weight excluding hydrogens is 581 g/mol. The molecule has 1 aliphatic rings. The SMILES string of the molecule is O=C(CN(c1ccc(I)cc1)S(=O)(=O)c1ccccc1)Nc1ccccc1C(=O)N1CCOCC1. The van der Waals surface area contributed by atoms with Crippen molar-refractivity contribution in [3.63, 3.8) is 0 Å². The lowest BCUT2D eigenvalue weighted by Crippen LogP contribution is -2.41. The van der Waals surface area contributed by atoms with E-state index in [1.807, 2.05) is 0 Å². The molecule has 0 saturated carbocycles. The van der Waals surface area contributed by atoms with Crippen LogP contribution in [0.4, 0.5) is 11.4 Å². The van der Waals surface area contributed by atoms with Crippen LogP contribution in [0.2, 0.25) is 0 Å². The van der Waals surface area contributed by atoms with Crippen LogP contribution >= 0.6 is 22.6 Å². The first kappa shape index (κ1) is 25.1. The Hall–Kier alpha value is -2.96.